The molecule has 0 aromatic carbocycles. The first-order chi connectivity index (χ1) is 10.1. The molecular weight excluding hydrogens is 284 g/mol. The lowest BCUT2D eigenvalue weighted by molar-refractivity contribution is 0.396. The van der Waals surface area contributed by atoms with E-state index in [1.54, 1.807) is 11.3 Å². The zero-order valence-electron chi connectivity index (χ0n) is 12.8. The lowest BCUT2D eigenvalue weighted by Crippen LogP contribution is -2.28. The number of nitrogens with one attached hydrogen (secondary N) is 1. The van der Waals surface area contributed by atoms with Crippen molar-refractivity contribution in [3.05, 3.63) is 10.9 Å². The van der Waals surface area contributed by atoms with Crippen LogP contribution in [0.25, 0.3) is 10.2 Å². The van der Waals surface area contributed by atoms with Gasteiger partial charge in [-0.2, -0.15) is 4.98 Å². The normalized spacial score (nSPS) is 19.3. The maximum atomic E-state index is 5.50. The molecule has 0 spiro atoms. The summed E-state index contributed by atoms with van der Waals surface area (Å²) >= 11 is 1.67. The number of nitrogen functional groups attached to an aromatic ring is 1. The average Bonchev–Trinajstić information content (AvgIpc) is 3.02. The predicted molar refractivity (Wildman–Crippen MR) is 88.8 cm³/mol. The smallest absolute Gasteiger partial charge is 0.240 e. The number of likely N-dealkylation sites (tertiary alicyclic amines) is 1. The summed E-state index contributed by atoms with van der Waals surface area (Å²) in [5.41, 5.74) is 2.57. The van der Waals surface area contributed by atoms with Crippen LogP contribution in [0, 0.1) is 12.8 Å². The topological polar surface area (TPSA) is 70.3 Å². The van der Waals surface area contributed by atoms with Crippen molar-refractivity contribution in [2.24, 2.45) is 11.8 Å². The van der Waals surface area contributed by atoms with Gasteiger partial charge in [0.25, 0.3) is 0 Å². The van der Waals surface area contributed by atoms with Gasteiger partial charge in [-0.05, 0) is 38.9 Å². The molecule has 0 radical (unpaired) electrons. The minimum absolute atomic E-state index is 0.481. The summed E-state index contributed by atoms with van der Waals surface area (Å²) in [4.78, 5) is 15.9. The highest BCUT2D eigenvalue weighted by atomic mass is 32.1. The van der Waals surface area contributed by atoms with Crippen molar-refractivity contribution in [1.29, 1.82) is 0 Å². The van der Waals surface area contributed by atoms with Crippen molar-refractivity contribution in [1.82, 2.24) is 14.9 Å². The minimum Gasteiger partial charge on any atom is -0.359 e. The van der Waals surface area contributed by atoms with Crippen LogP contribution in [0.3, 0.4) is 0 Å². The Kier molecular flexibility index (Phi) is 3.97. The zero-order valence-corrected chi connectivity index (χ0v) is 13.6. The molecule has 1 aliphatic heterocycles. The molecule has 1 fully saturated rings. The molecular formula is C14H22N6S. The molecule has 1 atom stereocenters. The Morgan fingerprint density at radius 3 is 3.00 bits per heavy atom. The second-order valence-electron chi connectivity index (χ2n) is 5.89. The van der Waals surface area contributed by atoms with E-state index in [0.29, 0.717) is 11.9 Å². The third-order valence-corrected chi connectivity index (χ3v) is 4.95. The van der Waals surface area contributed by atoms with E-state index in [1.807, 2.05) is 0 Å². The number of hydrogen-bond donors (Lipinski definition) is 2. The van der Waals surface area contributed by atoms with E-state index < -0.39 is 0 Å². The Balaban J connectivity index is 1.90. The fourth-order valence-electron chi connectivity index (χ4n) is 3.03. The number of thiophene rings is 1. The molecule has 2 aromatic heterocycles. The lowest BCUT2D eigenvalue weighted by atomic mass is 10.1. The first-order valence-corrected chi connectivity index (χ1v) is 8.03. The third kappa shape index (κ3) is 2.95. The number of fused-ring (bicyclic) bond motifs is 1. The largest absolute Gasteiger partial charge is 0.359 e. The molecule has 21 heavy (non-hydrogen) atoms. The van der Waals surface area contributed by atoms with Gasteiger partial charge in [-0.25, -0.2) is 10.8 Å². The van der Waals surface area contributed by atoms with E-state index in [-0.39, 0.29) is 0 Å². The average molecular weight is 306 g/mol. The van der Waals surface area contributed by atoms with E-state index in [4.69, 9.17) is 5.84 Å². The van der Waals surface area contributed by atoms with Crippen molar-refractivity contribution in [3.8, 4) is 0 Å². The van der Waals surface area contributed by atoms with Crippen molar-refractivity contribution in [3.63, 3.8) is 0 Å². The van der Waals surface area contributed by atoms with Gasteiger partial charge < -0.3 is 9.80 Å². The van der Waals surface area contributed by atoms with Gasteiger partial charge in [0.15, 0.2) is 0 Å². The number of nitrogens with two attached hydrogens (primary N) is 1. The second-order valence-corrected chi connectivity index (χ2v) is 7.12. The van der Waals surface area contributed by atoms with Crippen LogP contribution in [0.1, 0.15) is 11.3 Å². The van der Waals surface area contributed by atoms with Gasteiger partial charge in [-0.15, -0.1) is 11.3 Å². The van der Waals surface area contributed by atoms with Crippen LogP contribution in [-0.4, -0.2) is 48.6 Å². The van der Waals surface area contributed by atoms with Gasteiger partial charge in [-0.3, -0.25) is 5.43 Å². The Labute approximate surface area is 128 Å². The number of aromatic nitrogens is 2. The summed E-state index contributed by atoms with van der Waals surface area (Å²) in [6.45, 7) is 5.45. The first-order valence-electron chi connectivity index (χ1n) is 7.21. The van der Waals surface area contributed by atoms with Crippen LogP contribution in [0.5, 0.6) is 0 Å². The molecule has 0 saturated carbocycles. The summed E-state index contributed by atoms with van der Waals surface area (Å²) in [7, 11) is 4.29. The van der Waals surface area contributed by atoms with E-state index in [1.165, 1.54) is 17.8 Å². The molecule has 3 rings (SSSR count). The predicted octanol–water partition coefficient (Wildman–Crippen LogP) is 1.67. The minimum atomic E-state index is 0.481. The molecule has 7 heteroatoms. The molecule has 1 aliphatic rings. The molecule has 114 valence electrons. The van der Waals surface area contributed by atoms with Crippen LogP contribution in [0.2, 0.25) is 0 Å². The van der Waals surface area contributed by atoms with Crippen molar-refractivity contribution in [2.45, 2.75) is 13.3 Å². The summed E-state index contributed by atoms with van der Waals surface area (Å²) < 4.78 is 0. The van der Waals surface area contributed by atoms with Gasteiger partial charge in [-0.1, -0.05) is 0 Å². The van der Waals surface area contributed by atoms with E-state index in [9.17, 15) is 0 Å². The molecule has 3 heterocycles. The van der Waals surface area contributed by atoms with Crippen LogP contribution in [0.15, 0.2) is 6.07 Å². The maximum absolute atomic E-state index is 5.50. The quantitative estimate of drug-likeness (QED) is 0.661. The molecule has 0 bridgehead atoms. The molecule has 1 unspecified atom stereocenters. The standard InChI is InChI=1S/C14H22N6S/c1-9-6-11-12(16-14(18-15)17-13(11)21-9)20(3)8-10-4-5-19(2)7-10/h6,10H,4-5,7-8,15H2,1-3H3,(H,16,17,18). The van der Waals surface area contributed by atoms with Gasteiger partial charge in [0.05, 0.1) is 5.39 Å². The number of aryl methyl sites for hydroxylation is 1. The van der Waals surface area contributed by atoms with E-state index >= 15 is 0 Å². The Hall–Kier alpha value is -1.44. The monoisotopic (exact) mass is 306 g/mol. The molecule has 3 N–H and O–H groups in total. The lowest BCUT2D eigenvalue weighted by Gasteiger charge is -2.23. The molecule has 6 nitrogen and oxygen atoms in total. The highest BCUT2D eigenvalue weighted by Crippen LogP contribution is 2.31. The van der Waals surface area contributed by atoms with Gasteiger partial charge >= 0.3 is 0 Å². The first kappa shape index (κ1) is 14.5. The summed E-state index contributed by atoms with van der Waals surface area (Å²) in [5, 5.41) is 1.12. The molecule has 2 aromatic rings. The number of rotatable bonds is 4. The highest BCUT2D eigenvalue weighted by molar-refractivity contribution is 7.18. The van der Waals surface area contributed by atoms with Crippen LogP contribution in [-0.2, 0) is 0 Å². The van der Waals surface area contributed by atoms with Gasteiger partial charge in [0.2, 0.25) is 5.95 Å². The fraction of sp³-hybridized carbons (Fsp3) is 0.571. The van der Waals surface area contributed by atoms with E-state index in [0.717, 1.165) is 29.1 Å². The zero-order chi connectivity index (χ0) is 15.0. The number of hydrogen-bond acceptors (Lipinski definition) is 7. The van der Waals surface area contributed by atoms with Crippen molar-refractivity contribution < 1.29 is 0 Å². The molecule has 0 amide bonds. The van der Waals surface area contributed by atoms with Gasteiger partial charge in [0, 0.05) is 25.0 Å². The number of nitrogens with zero attached hydrogens (tertiary/aromatic N) is 4. The molecule has 1 saturated heterocycles. The van der Waals surface area contributed by atoms with E-state index in [2.05, 4.69) is 52.3 Å². The van der Waals surface area contributed by atoms with Crippen LogP contribution < -0.4 is 16.2 Å². The van der Waals surface area contributed by atoms with Crippen molar-refractivity contribution >= 4 is 33.3 Å². The SMILES string of the molecule is Cc1cc2c(N(C)CC3CCN(C)C3)nc(NN)nc2s1. The Morgan fingerprint density at radius 2 is 2.33 bits per heavy atom. The third-order valence-electron chi connectivity index (χ3n) is 4.01. The highest BCUT2D eigenvalue weighted by Gasteiger charge is 2.22. The second kappa shape index (κ2) is 5.75. The maximum Gasteiger partial charge on any atom is 0.240 e. The van der Waals surface area contributed by atoms with Crippen molar-refractivity contribution in [2.75, 3.05) is 44.1 Å². The Morgan fingerprint density at radius 1 is 1.52 bits per heavy atom. The molecule has 0 aliphatic carbocycles. The van der Waals surface area contributed by atoms with Crippen LogP contribution >= 0.6 is 11.3 Å². The summed E-state index contributed by atoms with van der Waals surface area (Å²) in [6.07, 6.45) is 1.25. The van der Waals surface area contributed by atoms with Gasteiger partial charge in [0.1, 0.15) is 10.6 Å². The number of anilines is 2. The number of hydrazine groups is 1. The summed E-state index contributed by atoms with van der Waals surface area (Å²) in [6, 6.07) is 2.16. The summed E-state index contributed by atoms with van der Waals surface area (Å²) in [5.74, 6) is 7.64. The fourth-order valence-corrected chi connectivity index (χ4v) is 3.91. The Bertz CT molecular complexity index is 640. The van der Waals surface area contributed by atoms with Crippen LogP contribution in [0.4, 0.5) is 11.8 Å².